The van der Waals surface area contributed by atoms with Crippen molar-refractivity contribution in [1.82, 2.24) is 5.32 Å². The second-order valence-corrected chi connectivity index (χ2v) is 5.88. The lowest BCUT2D eigenvalue weighted by molar-refractivity contribution is -0.139. The van der Waals surface area contributed by atoms with Crippen molar-refractivity contribution in [2.75, 3.05) is 5.75 Å². The van der Waals surface area contributed by atoms with Crippen LogP contribution in [0.5, 0.6) is 0 Å². The fourth-order valence-corrected chi connectivity index (χ4v) is 3.75. The average molecular weight is 201 g/mol. The Bertz CT molecular complexity index is 254. The number of thioether (sulfide) groups is 1. The van der Waals surface area contributed by atoms with Crippen molar-refractivity contribution in [2.24, 2.45) is 5.41 Å². The number of carbonyl (C=O) groups is 1. The smallest absolute Gasteiger partial charge is 0.321 e. The molecule has 2 fully saturated rings. The minimum atomic E-state index is -0.716. The number of rotatable bonds is 1. The molecule has 1 aliphatic carbocycles. The van der Waals surface area contributed by atoms with E-state index in [1.807, 2.05) is 0 Å². The summed E-state index contributed by atoms with van der Waals surface area (Å²) in [6.45, 7) is 4.42. The fourth-order valence-electron chi connectivity index (χ4n) is 2.11. The zero-order valence-electron chi connectivity index (χ0n) is 7.96. The highest BCUT2D eigenvalue weighted by molar-refractivity contribution is 8.01. The van der Waals surface area contributed by atoms with Crippen molar-refractivity contribution < 1.29 is 9.90 Å². The third-order valence-corrected chi connectivity index (χ3v) is 5.26. The lowest BCUT2D eigenvalue weighted by Crippen LogP contribution is -2.60. The fraction of sp³-hybridized carbons (Fsp3) is 0.889. The lowest BCUT2D eigenvalue weighted by atomic mass is 9.66. The van der Waals surface area contributed by atoms with Crippen LogP contribution >= 0.6 is 11.8 Å². The van der Waals surface area contributed by atoms with Crippen LogP contribution in [0.4, 0.5) is 0 Å². The van der Waals surface area contributed by atoms with Gasteiger partial charge in [0.05, 0.1) is 4.87 Å². The molecule has 1 saturated carbocycles. The highest BCUT2D eigenvalue weighted by atomic mass is 32.2. The third-order valence-electron chi connectivity index (χ3n) is 3.40. The molecule has 74 valence electrons. The van der Waals surface area contributed by atoms with Gasteiger partial charge in [0.1, 0.15) is 6.04 Å². The molecule has 2 N–H and O–H groups in total. The predicted molar refractivity (Wildman–Crippen MR) is 52.8 cm³/mol. The maximum atomic E-state index is 10.8. The van der Waals surface area contributed by atoms with Gasteiger partial charge in [0.15, 0.2) is 0 Å². The van der Waals surface area contributed by atoms with Crippen molar-refractivity contribution in [1.29, 1.82) is 0 Å². The highest BCUT2D eigenvalue weighted by Gasteiger charge is 2.57. The zero-order chi connectivity index (χ0) is 9.69. The summed E-state index contributed by atoms with van der Waals surface area (Å²) in [5.74, 6) is -0.00856. The SMILES string of the molecule is CC1(C)CCC12NC(C(=O)O)CS2. The number of nitrogens with one attached hydrogen (secondary N) is 1. The van der Waals surface area contributed by atoms with Gasteiger partial charge in [-0.05, 0) is 18.3 Å². The van der Waals surface area contributed by atoms with Gasteiger partial charge >= 0.3 is 5.97 Å². The Morgan fingerprint density at radius 1 is 1.54 bits per heavy atom. The molecule has 1 heterocycles. The van der Waals surface area contributed by atoms with Gasteiger partial charge in [0.25, 0.3) is 0 Å². The Balaban J connectivity index is 2.09. The van der Waals surface area contributed by atoms with E-state index in [1.54, 1.807) is 11.8 Å². The predicted octanol–water partition coefficient (Wildman–Crippen LogP) is 1.29. The molecule has 2 rings (SSSR count). The van der Waals surface area contributed by atoms with Crippen LogP contribution in [0, 0.1) is 5.41 Å². The van der Waals surface area contributed by atoms with E-state index < -0.39 is 5.97 Å². The first-order valence-corrected chi connectivity index (χ1v) is 5.60. The summed E-state index contributed by atoms with van der Waals surface area (Å²) in [4.78, 5) is 10.8. The summed E-state index contributed by atoms with van der Waals surface area (Å²) < 4.78 is 0. The standard InChI is InChI=1S/C9H15NO2S/c1-8(2)3-4-9(8)10-6(5-13-9)7(11)12/h6,10H,3-5H2,1-2H3,(H,11,12). The summed E-state index contributed by atoms with van der Waals surface area (Å²) in [6.07, 6.45) is 2.30. The topological polar surface area (TPSA) is 49.3 Å². The first-order valence-electron chi connectivity index (χ1n) is 4.61. The van der Waals surface area contributed by atoms with Crippen molar-refractivity contribution in [2.45, 2.75) is 37.6 Å². The molecule has 3 nitrogen and oxygen atoms in total. The van der Waals surface area contributed by atoms with Crippen LogP contribution in [0.25, 0.3) is 0 Å². The summed E-state index contributed by atoms with van der Waals surface area (Å²) in [7, 11) is 0. The van der Waals surface area contributed by atoms with E-state index in [2.05, 4.69) is 19.2 Å². The first kappa shape index (κ1) is 9.34. The van der Waals surface area contributed by atoms with E-state index in [4.69, 9.17) is 5.11 Å². The van der Waals surface area contributed by atoms with Crippen LogP contribution in [0.15, 0.2) is 0 Å². The van der Waals surface area contributed by atoms with E-state index in [0.717, 1.165) is 6.42 Å². The molecule has 0 aromatic carbocycles. The highest BCUT2D eigenvalue weighted by Crippen LogP contribution is 2.58. The van der Waals surface area contributed by atoms with Gasteiger partial charge in [-0.2, -0.15) is 0 Å². The van der Waals surface area contributed by atoms with Crippen LogP contribution in [-0.4, -0.2) is 27.7 Å². The van der Waals surface area contributed by atoms with Crippen LogP contribution in [0.3, 0.4) is 0 Å². The molecule has 2 aliphatic rings. The molecular formula is C9H15NO2S. The summed E-state index contributed by atoms with van der Waals surface area (Å²) >= 11 is 1.78. The van der Waals surface area contributed by atoms with Gasteiger partial charge in [-0.25, -0.2) is 0 Å². The Hall–Kier alpha value is -0.220. The monoisotopic (exact) mass is 201 g/mol. The molecule has 0 aromatic heterocycles. The molecule has 2 unspecified atom stereocenters. The molecule has 0 amide bonds. The van der Waals surface area contributed by atoms with E-state index in [1.165, 1.54) is 6.42 Å². The Labute approximate surface area is 82.3 Å². The molecule has 0 radical (unpaired) electrons. The maximum absolute atomic E-state index is 10.8. The molecular weight excluding hydrogens is 186 g/mol. The van der Waals surface area contributed by atoms with E-state index in [-0.39, 0.29) is 16.3 Å². The molecule has 0 aromatic rings. The number of aliphatic carboxylic acids is 1. The first-order chi connectivity index (χ1) is 5.97. The second-order valence-electron chi connectivity index (χ2n) is 4.56. The van der Waals surface area contributed by atoms with Gasteiger partial charge < -0.3 is 5.11 Å². The summed E-state index contributed by atoms with van der Waals surface area (Å²) in [5, 5.41) is 12.1. The van der Waals surface area contributed by atoms with Crippen LogP contribution < -0.4 is 5.32 Å². The van der Waals surface area contributed by atoms with Gasteiger partial charge in [-0.1, -0.05) is 13.8 Å². The Morgan fingerprint density at radius 2 is 2.23 bits per heavy atom. The minimum Gasteiger partial charge on any atom is -0.480 e. The summed E-state index contributed by atoms with van der Waals surface area (Å²) in [6, 6.07) is -0.343. The average Bonchev–Trinajstić information content (AvgIpc) is 2.49. The van der Waals surface area contributed by atoms with Crippen molar-refractivity contribution in [3.8, 4) is 0 Å². The largest absolute Gasteiger partial charge is 0.480 e. The number of hydrogen-bond donors (Lipinski definition) is 2. The molecule has 13 heavy (non-hydrogen) atoms. The Kier molecular flexibility index (Phi) is 1.90. The van der Waals surface area contributed by atoms with E-state index in [0.29, 0.717) is 5.75 Å². The van der Waals surface area contributed by atoms with Crippen molar-refractivity contribution >= 4 is 17.7 Å². The van der Waals surface area contributed by atoms with Crippen LogP contribution in [0.1, 0.15) is 26.7 Å². The van der Waals surface area contributed by atoms with Crippen LogP contribution in [0.2, 0.25) is 0 Å². The van der Waals surface area contributed by atoms with Gasteiger partial charge in [0.2, 0.25) is 0 Å². The molecule has 2 atom stereocenters. The third kappa shape index (κ3) is 1.19. The number of carboxylic acid groups (broad SMARTS) is 1. The minimum absolute atomic E-state index is 0.0516. The summed E-state index contributed by atoms with van der Waals surface area (Å²) in [5.41, 5.74) is 0.252. The van der Waals surface area contributed by atoms with E-state index in [9.17, 15) is 4.79 Å². The molecule has 4 heteroatoms. The molecule has 0 bridgehead atoms. The van der Waals surface area contributed by atoms with Crippen LogP contribution in [-0.2, 0) is 4.79 Å². The van der Waals surface area contributed by atoms with Crippen molar-refractivity contribution in [3.63, 3.8) is 0 Å². The molecule has 1 saturated heterocycles. The van der Waals surface area contributed by atoms with E-state index >= 15 is 0 Å². The lowest BCUT2D eigenvalue weighted by Gasteiger charge is -2.53. The normalized spacial score (nSPS) is 41.8. The van der Waals surface area contributed by atoms with Crippen molar-refractivity contribution in [3.05, 3.63) is 0 Å². The molecule has 1 spiro atoms. The Morgan fingerprint density at radius 3 is 2.46 bits per heavy atom. The number of hydrogen-bond acceptors (Lipinski definition) is 3. The van der Waals surface area contributed by atoms with Gasteiger partial charge in [0, 0.05) is 5.75 Å². The van der Waals surface area contributed by atoms with Gasteiger partial charge in [-0.15, -0.1) is 11.8 Å². The number of carboxylic acids is 1. The zero-order valence-corrected chi connectivity index (χ0v) is 8.78. The quantitative estimate of drug-likeness (QED) is 0.671. The second kappa shape index (κ2) is 2.64. The maximum Gasteiger partial charge on any atom is 0.321 e. The van der Waals surface area contributed by atoms with Gasteiger partial charge in [-0.3, -0.25) is 10.1 Å². The molecule has 1 aliphatic heterocycles.